The van der Waals surface area contributed by atoms with Crippen LogP contribution in [0.4, 0.5) is 5.69 Å². The Morgan fingerprint density at radius 2 is 2.15 bits per heavy atom. The second-order valence-electron chi connectivity index (χ2n) is 2.69. The Morgan fingerprint density at radius 1 is 1.38 bits per heavy atom. The van der Waals surface area contributed by atoms with E-state index in [2.05, 4.69) is 20.9 Å². The van der Waals surface area contributed by atoms with E-state index in [4.69, 9.17) is 17.3 Å². The molecule has 4 heteroatoms. The number of nitrogens with two attached hydrogens (primary N) is 1. The zero-order chi connectivity index (χ0) is 9.42. The van der Waals surface area contributed by atoms with E-state index in [1.54, 1.807) is 12.3 Å². The Morgan fingerprint density at radius 3 is 2.92 bits per heavy atom. The molecule has 1 aromatic carbocycles. The van der Waals surface area contributed by atoms with E-state index in [-0.39, 0.29) is 0 Å². The van der Waals surface area contributed by atoms with Gasteiger partial charge in [0.05, 0.1) is 21.9 Å². The van der Waals surface area contributed by atoms with Crippen molar-refractivity contribution in [3.05, 3.63) is 33.9 Å². The first-order valence-electron chi connectivity index (χ1n) is 3.68. The third-order valence-corrected chi connectivity index (χ3v) is 2.91. The summed E-state index contributed by atoms with van der Waals surface area (Å²) >= 11 is 9.22. The largest absolute Gasteiger partial charge is 0.397 e. The van der Waals surface area contributed by atoms with Gasteiger partial charge < -0.3 is 5.73 Å². The molecule has 0 amide bonds. The third kappa shape index (κ3) is 1.49. The van der Waals surface area contributed by atoms with Gasteiger partial charge in [0.25, 0.3) is 0 Å². The lowest BCUT2D eigenvalue weighted by atomic mass is 10.2. The lowest BCUT2D eigenvalue weighted by Gasteiger charge is -2.02. The molecule has 2 N–H and O–H groups in total. The Balaban J connectivity index is 2.87. The molecule has 2 aromatic rings. The topological polar surface area (TPSA) is 38.9 Å². The van der Waals surface area contributed by atoms with Crippen molar-refractivity contribution >= 4 is 44.1 Å². The van der Waals surface area contributed by atoms with Crippen molar-refractivity contribution < 1.29 is 0 Å². The van der Waals surface area contributed by atoms with Gasteiger partial charge in [-0.1, -0.05) is 17.7 Å². The molecule has 0 fully saturated rings. The maximum atomic E-state index is 5.82. The van der Waals surface area contributed by atoms with Crippen LogP contribution in [0.3, 0.4) is 0 Å². The van der Waals surface area contributed by atoms with Gasteiger partial charge in [0.2, 0.25) is 0 Å². The number of benzene rings is 1. The van der Waals surface area contributed by atoms with E-state index in [1.165, 1.54) is 0 Å². The Labute approximate surface area is 88.8 Å². The smallest absolute Gasteiger partial charge is 0.0729 e. The maximum absolute atomic E-state index is 5.82. The van der Waals surface area contributed by atoms with Crippen molar-refractivity contribution in [3.63, 3.8) is 0 Å². The highest BCUT2D eigenvalue weighted by Crippen LogP contribution is 2.29. The average Bonchev–Trinajstić information content (AvgIpc) is 2.12. The van der Waals surface area contributed by atoms with Gasteiger partial charge >= 0.3 is 0 Å². The molecular formula is C9H6BrClN2. The van der Waals surface area contributed by atoms with Crippen molar-refractivity contribution in [3.8, 4) is 0 Å². The number of pyridine rings is 1. The number of nitrogen functional groups attached to an aromatic ring is 1. The van der Waals surface area contributed by atoms with Gasteiger partial charge in [0.1, 0.15) is 0 Å². The van der Waals surface area contributed by atoms with Gasteiger partial charge in [0.15, 0.2) is 0 Å². The number of halogens is 2. The van der Waals surface area contributed by atoms with Gasteiger partial charge in [-0.05, 0) is 28.1 Å². The molecule has 13 heavy (non-hydrogen) atoms. The molecule has 2 nitrogen and oxygen atoms in total. The van der Waals surface area contributed by atoms with Crippen molar-refractivity contribution in [1.82, 2.24) is 4.98 Å². The van der Waals surface area contributed by atoms with Crippen molar-refractivity contribution in [2.75, 3.05) is 5.73 Å². The monoisotopic (exact) mass is 256 g/mol. The number of aromatic nitrogens is 1. The molecule has 0 atom stereocenters. The number of rotatable bonds is 0. The van der Waals surface area contributed by atoms with Gasteiger partial charge in [-0.3, -0.25) is 4.98 Å². The highest BCUT2D eigenvalue weighted by molar-refractivity contribution is 9.10. The van der Waals surface area contributed by atoms with Crippen LogP contribution in [0, 0.1) is 0 Å². The molecule has 1 heterocycles. The highest BCUT2D eigenvalue weighted by Gasteiger charge is 2.03. The summed E-state index contributed by atoms with van der Waals surface area (Å²) < 4.78 is 0.870. The van der Waals surface area contributed by atoms with Crippen LogP contribution >= 0.6 is 27.5 Å². The van der Waals surface area contributed by atoms with Gasteiger partial charge in [0, 0.05) is 10.4 Å². The van der Waals surface area contributed by atoms with Crippen LogP contribution in [-0.4, -0.2) is 4.98 Å². The lowest BCUT2D eigenvalue weighted by molar-refractivity contribution is 1.40. The van der Waals surface area contributed by atoms with E-state index in [9.17, 15) is 0 Å². The molecule has 2 rings (SSSR count). The molecule has 0 radical (unpaired) electrons. The van der Waals surface area contributed by atoms with E-state index in [0.29, 0.717) is 10.7 Å². The number of anilines is 1. The average molecular weight is 258 g/mol. The minimum absolute atomic E-state index is 0.634. The Kier molecular flexibility index (Phi) is 2.14. The molecule has 0 aliphatic rings. The molecule has 66 valence electrons. The minimum Gasteiger partial charge on any atom is -0.397 e. The van der Waals surface area contributed by atoms with Crippen LogP contribution in [0.15, 0.2) is 28.9 Å². The summed E-state index contributed by atoms with van der Waals surface area (Å²) in [4.78, 5) is 4.16. The second kappa shape index (κ2) is 3.16. The summed E-state index contributed by atoms with van der Waals surface area (Å²) in [7, 11) is 0. The molecule has 0 aliphatic heterocycles. The first-order chi connectivity index (χ1) is 6.18. The van der Waals surface area contributed by atoms with Gasteiger partial charge in [-0.15, -0.1) is 0 Å². The van der Waals surface area contributed by atoms with Crippen molar-refractivity contribution in [1.29, 1.82) is 0 Å². The summed E-state index contributed by atoms with van der Waals surface area (Å²) in [6, 6.07) is 5.52. The Hall–Kier alpha value is -0.800. The first kappa shape index (κ1) is 8.78. The fourth-order valence-electron chi connectivity index (χ4n) is 1.15. The second-order valence-corrected chi connectivity index (χ2v) is 3.92. The minimum atomic E-state index is 0.634. The van der Waals surface area contributed by atoms with E-state index < -0.39 is 0 Å². The number of hydrogen-bond acceptors (Lipinski definition) is 2. The maximum Gasteiger partial charge on any atom is 0.0729 e. The van der Waals surface area contributed by atoms with Crippen molar-refractivity contribution in [2.24, 2.45) is 0 Å². The molecule has 0 bridgehead atoms. The predicted octanol–water partition coefficient (Wildman–Crippen LogP) is 3.23. The van der Waals surface area contributed by atoms with Crippen molar-refractivity contribution in [2.45, 2.75) is 0 Å². The van der Waals surface area contributed by atoms with Crippen LogP contribution in [-0.2, 0) is 0 Å². The molecule has 0 saturated carbocycles. The molecule has 0 saturated heterocycles. The standard InChI is InChI=1S/C9H6BrClN2/c10-9-6-2-1-5(11)3-8(6)13-4-7(9)12/h1-4H,12H2. The highest BCUT2D eigenvalue weighted by atomic mass is 79.9. The molecular weight excluding hydrogens is 251 g/mol. The Bertz CT molecular complexity index is 470. The first-order valence-corrected chi connectivity index (χ1v) is 4.85. The number of nitrogens with zero attached hydrogens (tertiary/aromatic N) is 1. The summed E-state index contributed by atoms with van der Waals surface area (Å²) in [5.41, 5.74) is 7.16. The fraction of sp³-hybridized carbons (Fsp3) is 0. The van der Waals surface area contributed by atoms with Crippen LogP contribution in [0.2, 0.25) is 5.02 Å². The predicted molar refractivity (Wildman–Crippen MR) is 58.9 cm³/mol. The number of fused-ring (bicyclic) bond motifs is 1. The summed E-state index contributed by atoms with van der Waals surface area (Å²) in [5.74, 6) is 0. The molecule has 0 unspecified atom stereocenters. The van der Waals surface area contributed by atoms with Crippen LogP contribution in [0.1, 0.15) is 0 Å². The fourth-order valence-corrected chi connectivity index (χ4v) is 1.75. The zero-order valence-electron chi connectivity index (χ0n) is 6.59. The zero-order valence-corrected chi connectivity index (χ0v) is 8.93. The SMILES string of the molecule is Nc1cnc2cc(Cl)ccc2c1Br. The van der Waals surface area contributed by atoms with E-state index in [1.807, 2.05) is 12.1 Å². The molecule has 0 aliphatic carbocycles. The van der Waals surface area contributed by atoms with E-state index >= 15 is 0 Å². The summed E-state index contributed by atoms with van der Waals surface area (Å²) in [6.07, 6.45) is 1.61. The number of hydrogen-bond donors (Lipinski definition) is 1. The van der Waals surface area contributed by atoms with Crippen LogP contribution < -0.4 is 5.73 Å². The lowest BCUT2D eigenvalue weighted by Crippen LogP contribution is -1.89. The summed E-state index contributed by atoms with van der Waals surface area (Å²) in [6.45, 7) is 0. The van der Waals surface area contributed by atoms with E-state index in [0.717, 1.165) is 15.4 Å². The quantitative estimate of drug-likeness (QED) is 0.787. The third-order valence-electron chi connectivity index (χ3n) is 1.79. The normalized spacial score (nSPS) is 10.6. The summed E-state index contributed by atoms with van der Waals surface area (Å²) in [5, 5.41) is 1.65. The van der Waals surface area contributed by atoms with Gasteiger partial charge in [-0.2, -0.15) is 0 Å². The molecule has 0 spiro atoms. The van der Waals surface area contributed by atoms with Crippen LogP contribution in [0.5, 0.6) is 0 Å². The van der Waals surface area contributed by atoms with Gasteiger partial charge in [-0.25, -0.2) is 0 Å². The van der Waals surface area contributed by atoms with Crippen LogP contribution in [0.25, 0.3) is 10.9 Å². The molecule has 1 aromatic heterocycles.